The molecule has 3 nitrogen and oxygen atoms in total. The Labute approximate surface area is 90.6 Å². The van der Waals surface area contributed by atoms with E-state index < -0.39 is 0 Å². The van der Waals surface area contributed by atoms with Crippen molar-refractivity contribution in [2.45, 2.75) is 11.8 Å². The van der Waals surface area contributed by atoms with Gasteiger partial charge in [0.1, 0.15) is 0 Å². The number of rotatable bonds is 2. The molecule has 15 heavy (non-hydrogen) atoms. The lowest BCUT2D eigenvalue weighted by Gasteiger charge is -2.12. The first-order valence-electron chi connectivity index (χ1n) is 4.57. The molecule has 0 spiro atoms. The minimum absolute atomic E-state index is 0.165. The van der Waals surface area contributed by atoms with Gasteiger partial charge in [0.25, 0.3) is 5.69 Å². The molecule has 0 aliphatic carbocycles. The van der Waals surface area contributed by atoms with Crippen LogP contribution in [0.1, 0.15) is 5.56 Å². The van der Waals surface area contributed by atoms with Crippen LogP contribution in [0.4, 0.5) is 5.69 Å². The summed E-state index contributed by atoms with van der Waals surface area (Å²) in [5.74, 6) is 0. The van der Waals surface area contributed by atoms with E-state index in [1.807, 2.05) is 25.1 Å². The van der Waals surface area contributed by atoms with Crippen molar-refractivity contribution in [3.63, 3.8) is 0 Å². The van der Waals surface area contributed by atoms with Gasteiger partial charge < -0.3 is 0 Å². The third kappa shape index (κ3) is 1.94. The van der Waals surface area contributed by atoms with Gasteiger partial charge in [-0.25, -0.2) is 0 Å². The smallest absolute Gasteiger partial charge is 0.258 e. The van der Waals surface area contributed by atoms with Crippen molar-refractivity contribution in [1.29, 1.82) is 0 Å². The SMILES string of the molecule is Cc1cc([N+](=O)[O-])ccc1[SH]1C=CC=C1. The largest absolute Gasteiger partial charge is 0.269 e. The van der Waals surface area contributed by atoms with E-state index in [9.17, 15) is 10.1 Å². The van der Waals surface area contributed by atoms with E-state index in [0.717, 1.165) is 5.56 Å². The van der Waals surface area contributed by atoms with Gasteiger partial charge in [0, 0.05) is 12.1 Å². The van der Waals surface area contributed by atoms with Gasteiger partial charge in [0.2, 0.25) is 0 Å². The number of benzene rings is 1. The molecule has 4 heteroatoms. The van der Waals surface area contributed by atoms with E-state index in [4.69, 9.17) is 0 Å². The summed E-state index contributed by atoms with van der Waals surface area (Å²) >= 11 is 0. The number of non-ortho nitro benzene ring substituents is 1. The maximum absolute atomic E-state index is 10.6. The molecule has 0 fully saturated rings. The summed E-state index contributed by atoms with van der Waals surface area (Å²) in [6.07, 6.45) is 4.04. The summed E-state index contributed by atoms with van der Waals surface area (Å²) in [5, 5.41) is 14.9. The minimum atomic E-state index is -0.376. The Morgan fingerprint density at radius 3 is 2.47 bits per heavy atom. The highest BCUT2D eigenvalue weighted by Crippen LogP contribution is 2.44. The van der Waals surface area contributed by atoms with Crippen LogP contribution in [0.2, 0.25) is 0 Å². The number of thiol groups is 1. The van der Waals surface area contributed by atoms with Gasteiger partial charge in [0.15, 0.2) is 0 Å². The van der Waals surface area contributed by atoms with Crippen LogP contribution >= 0.6 is 10.9 Å². The molecule has 0 bridgehead atoms. The average molecular weight is 221 g/mol. The molecule has 1 heterocycles. The van der Waals surface area contributed by atoms with Gasteiger partial charge in [-0.3, -0.25) is 10.1 Å². The molecule has 1 aliphatic heterocycles. The molecule has 0 saturated heterocycles. The van der Waals surface area contributed by atoms with Crippen LogP contribution in [-0.2, 0) is 0 Å². The molecule has 1 aromatic carbocycles. The minimum Gasteiger partial charge on any atom is -0.258 e. The highest BCUT2D eigenvalue weighted by atomic mass is 32.2. The zero-order valence-corrected chi connectivity index (χ0v) is 9.15. The van der Waals surface area contributed by atoms with Crippen LogP contribution in [0.15, 0.2) is 46.1 Å². The normalized spacial score (nSPS) is 15.9. The summed E-state index contributed by atoms with van der Waals surface area (Å²) in [6, 6.07) is 5.07. The van der Waals surface area contributed by atoms with Crippen molar-refractivity contribution in [2.24, 2.45) is 0 Å². The van der Waals surface area contributed by atoms with Gasteiger partial charge >= 0.3 is 0 Å². The predicted octanol–water partition coefficient (Wildman–Crippen LogP) is 3.30. The van der Waals surface area contributed by atoms with Crippen LogP contribution in [0.3, 0.4) is 0 Å². The standard InChI is InChI=1S/C11H11NO2S/c1-9-8-10(12(13)14)4-5-11(9)15-6-2-3-7-15/h2-8,15H,1H3. The van der Waals surface area contributed by atoms with Crippen LogP contribution in [0.25, 0.3) is 0 Å². The van der Waals surface area contributed by atoms with Gasteiger partial charge in [0.05, 0.1) is 4.92 Å². The lowest BCUT2D eigenvalue weighted by molar-refractivity contribution is -0.385. The van der Waals surface area contributed by atoms with Gasteiger partial charge in [-0.05, 0) is 34.3 Å². The number of hydrogen-bond donors (Lipinski definition) is 1. The second kappa shape index (κ2) is 3.90. The Morgan fingerprint density at radius 2 is 1.93 bits per heavy atom. The van der Waals surface area contributed by atoms with Gasteiger partial charge in [-0.15, -0.1) is 0 Å². The number of nitro benzene ring substituents is 1. The second-order valence-corrected chi connectivity index (χ2v) is 5.21. The van der Waals surface area contributed by atoms with Crippen LogP contribution in [0, 0.1) is 17.0 Å². The highest BCUT2D eigenvalue weighted by Gasteiger charge is 2.11. The summed E-state index contributed by atoms with van der Waals surface area (Å²) in [7, 11) is -0.376. The average Bonchev–Trinajstić information content (AvgIpc) is 2.70. The molecule has 0 radical (unpaired) electrons. The second-order valence-electron chi connectivity index (χ2n) is 3.32. The Balaban J connectivity index is 2.38. The van der Waals surface area contributed by atoms with Crippen molar-refractivity contribution >= 4 is 16.6 Å². The quantitative estimate of drug-likeness (QED) is 0.473. The maximum Gasteiger partial charge on any atom is 0.269 e. The summed E-state index contributed by atoms with van der Waals surface area (Å²) in [6.45, 7) is 1.92. The topological polar surface area (TPSA) is 43.1 Å². The van der Waals surface area contributed by atoms with E-state index in [-0.39, 0.29) is 21.5 Å². The fourth-order valence-electron chi connectivity index (χ4n) is 1.54. The molecule has 0 unspecified atom stereocenters. The molecule has 0 saturated carbocycles. The number of allylic oxidation sites excluding steroid dienone is 2. The molecule has 0 N–H and O–H groups in total. The van der Waals surface area contributed by atoms with Crippen LogP contribution < -0.4 is 0 Å². The summed E-state index contributed by atoms with van der Waals surface area (Å²) in [4.78, 5) is 11.4. The van der Waals surface area contributed by atoms with Crippen molar-refractivity contribution in [1.82, 2.24) is 0 Å². The monoisotopic (exact) mass is 221 g/mol. The van der Waals surface area contributed by atoms with Crippen LogP contribution in [-0.4, -0.2) is 4.92 Å². The molecule has 1 aromatic rings. The Hall–Kier alpha value is -1.55. The fourth-order valence-corrected chi connectivity index (χ4v) is 3.25. The fraction of sp³-hybridized carbons (Fsp3) is 0.0909. The number of nitrogens with zero attached hydrogens (tertiary/aromatic N) is 1. The zero-order valence-electron chi connectivity index (χ0n) is 8.25. The molecule has 0 atom stereocenters. The lowest BCUT2D eigenvalue weighted by atomic mass is 10.2. The Kier molecular flexibility index (Phi) is 2.60. The molecule has 78 valence electrons. The molecule has 2 rings (SSSR count). The number of hydrogen-bond acceptors (Lipinski definition) is 2. The number of nitro groups is 1. The van der Waals surface area contributed by atoms with E-state index in [2.05, 4.69) is 10.8 Å². The summed E-state index contributed by atoms with van der Waals surface area (Å²) in [5.41, 5.74) is 1.16. The highest BCUT2D eigenvalue weighted by molar-refractivity contribution is 8.22. The van der Waals surface area contributed by atoms with Gasteiger partial charge in [-0.1, -0.05) is 12.2 Å². The Bertz CT molecular complexity index is 454. The first kappa shape index (κ1) is 9.98. The predicted molar refractivity (Wildman–Crippen MR) is 63.4 cm³/mol. The molecule has 1 aliphatic rings. The van der Waals surface area contributed by atoms with Crippen molar-refractivity contribution in [3.05, 3.63) is 56.8 Å². The van der Waals surface area contributed by atoms with E-state index in [1.54, 1.807) is 12.1 Å². The van der Waals surface area contributed by atoms with Crippen molar-refractivity contribution in [2.75, 3.05) is 0 Å². The Morgan fingerprint density at radius 1 is 1.27 bits per heavy atom. The van der Waals surface area contributed by atoms with Crippen molar-refractivity contribution < 1.29 is 4.92 Å². The molecular formula is C11H11NO2S. The first-order valence-corrected chi connectivity index (χ1v) is 6.05. The zero-order chi connectivity index (χ0) is 10.8. The first-order chi connectivity index (χ1) is 7.18. The third-order valence-electron chi connectivity index (χ3n) is 2.27. The van der Waals surface area contributed by atoms with Gasteiger partial charge in [-0.2, -0.15) is 10.9 Å². The van der Waals surface area contributed by atoms with E-state index >= 15 is 0 Å². The summed E-state index contributed by atoms with van der Waals surface area (Å²) < 4.78 is 0. The molecular weight excluding hydrogens is 210 g/mol. The molecule has 0 aromatic heterocycles. The molecule has 0 amide bonds. The van der Waals surface area contributed by atoms with Crippen molar-refractivity contribution in [3.8, 4) is 0 Å². The van der Waals surface area contributed by atoms with Crippen LogP contribution in [0.5, 0.6) is 0 Å². The lowest BCUT2D eigenvalue weighted by Crippen LogP contribution is -1.90. The third-order valence-corrected chi connectivity index (χ3v) is 4.32. The van der Waals surface area contributed by atoms with E-state index in [1.165, 1.54) is 4.90 Å². The number of aryl methyl sites for hydroxylation is 1. The maximum atomic E-state index is 10.6. The van der Waals surface area contributed by atoms with E-state index in [0.29, 0.717) is 0 Å².